The predicted molar refractivity (Wildman–Crippen MR) is 62.6 cm³/mol. The van der Waals surface area contributed by atoms with Crippen molar-refractivity contribution in [2.75, 3.05) is 6.61 Å². The minimum Gasteiger partial charge on any atom is -0.463 e. The van der Waals surface area contributed by atoms with Crippen molar-refractivity contribution >= 4 is 16.0 Å². The lowest BCUT2D eigenvalue weighted by Crippen LogP contribution is -2.48. The van der Waals surface area contributed by atoms with Crippen LogP contribution in [-0.4, -0.2) is 32.0 Å². The Kier molecular flexibility index (Phi) is 6.01. The highest BCUT2D eigenvalue weighted by molar-refractivity contribution is 7.90. The molecule has 0 rings (SSSR count). The molecule has 1 N–H and O–H groups in total. The Morgan fingerprint density at radius 1 is 1.37 bits per heavy atom. The highest BCUT2D eigenvalue weighted by atomic mass is 32.2. The summed E-state index contributed by atoms with van der Waals surface area (Å²) in [6.07, 6.45) is 1.25. The first-order valence-electron chi connectivity index (χ1n) is 5.31. The fourth-order valence-electron chi connectivity index (χ4n) is 1.22. The SMILES string of the molecule is C=CC(=O)OCCCC(C)(C)NS(=O)(=O)C(F)(F)F. The summed E-state index contributed by atoms with van der Waals surface area (Å²) >= 11 is 0. The van der Waals surface area contributed by atoms with Crippen LogP contribution in [0, 0.1) is 0 Å². The molecule has 0 aromatic carbocycles. The van der Waals surface area contributed by atoms with Crippen LogP contribution in [0.5, 0.6) is 0 Å². The van der Waals surface area contributed by atoms with Gasteiger partial charge < -0.3 is 4.74 Å². The van der Waals surface area contributed by atoms with Gasteiger partial charge in [0.1, 0.15) is 0 Å². The van der Waals surface area contributed by atoms with Crippen LogP contribution in [0.25, 0.3) is 0 Å². The van der Waals surface area contributed by atoms with E-state index in [1.807, 2.05) is 0 Å². The predicted octanol–water partition coefficient (Wildman–Crippen LogP) is 1.71. The van der Waals surface area contributed by atoms with E-state index >= 15 is 0 Å². The zero-order chi connectivity index (χ0) is 15.3. The Morgan fingerprint density at radius 2 is 1.89 bits per heavy atom. The Hall–Kier alpha value is -1.09. The summed E-state index contributed by atoms with van der Waals surface area (Å²) in [5.41, 5.74) is -6.64. The zero-order valence-electron chi connectivity index (χ0n) is 10.6. The van der Waals surface area contributed by atoms with Crippen molar-refractivity contribution in [2.24, 2.45) is 0 Å². The van der Waals surface area contributed by atoms with Gasteiger partial charge in [-0.3, -0.25) is 0 Å². The van der Waals surface area contributed by atoms with E-state index < -0.39 is 27.0 Å². The van der Waals surface area contributed by atoms with Gasteiger partial charge >= 0.3 is 21.5 Å². The van der Waals surface area contributed by atoms with Crippen molar-refractivity contribution in [2.45, 2.75) is 37.7 Å². The number of esters is 1. The van der Waals surface area contributed by atoms with Crippen LogP contribution < -0.4 is 4.72 Å². The van der Waals surface area contributed by atoms with Crippen LogP contribution in [-0.2, 0) is 19.6 Å². The van der Waals surface area contributed by atoms with Crippen LogP contribution >= 0.6 is 0 Å². The Bertz CT molecular complexity index is 429. The van der Waals surface area contributed by atoms with Gasteiger partial charge in [-0.15, -0.1) is 0 Å². The molecule has 0 aliphatic carbocycles. The largest absolute Gasteiger partial charge is 0.511 e. The number of carbonyl (C=O) groups excluding carboxylic acids is 1. The van der Waals surface area contributed by atoms with E-state index in [1.165, 1.54) is 13.8 Å². The molecule has 0 aliphatic heterocycles. The maximum atomic E-state index is 12.2. The van der Waals surface area contributed by atoms with E-state index in [2.05, 4.69) is 11.3 Å². The average Bonchev–Trinajstić information content (AvgIpc) is 2.20. The van der Waals surface area contributed by atoms with Crippen LogP contribution in [0.15, 0.2) is 12.7 Å². The minimum atomic E-state index is -5.39. The number of ether oxygens (including phenoxy) is 1. The second-order valence-electron chi connectivity index (χ2n) is 4.41. The standard InChI is InChI=1S/C10H16F3NO4S/c1-4-8(15)18-7-5-6-9(2,3)14-19(16,17)10(11,12)13/h4,14H,1,5-7H2,2-3H3. The van der Waals surface area contributed by atoms with Crippen LogP contribution in [0.2, 0.25) is 0 Å². The van der Waals surface area contributed by atoms with E-state index in [0.717, 1.165) is 6.08 Å². The van der Waals surface area contributed by atoms with Crippen LogP contribution in [0.1, 0.15) is 26.7 Å². The third-order valence-electron chi connectivity index (χ3n) is 2.07. The third kappa shape index (κ3) is 6.58. The molecular formula is C10H16F3NO4S. The number of hydrogen-bond donors (Lipinski definition) is 1. The van der Waals surface area contributed by atoms with Crippen molar-refractivity contribution in [3.63, 3.8) is 0 Å². The number of nitrogens with one attached hydrogen (secondary N) is 1. The van der Waals surface area contributed by atoms with Gasteiger partial charge in [-0.05, 0) is 26.7 Å². The van der Waals surface area contributed by atoms with Crippen molar-refractivity contribution in [1.29, 1.82) is 0 Å². The smallest absolute Gasteiger partial charge is 0.463 e. The molecule has 0 aliphatic rings. The molecule has 0 spiro atoms. The van der Waals surface area contributed by atoms with Crippen LogP contribution in [0.4, 0.5) is 13.2 Å². The fourth-order valence-corrected chi connectivity index (χ4v) is 2.16. The summed E-state index contributed by atoms with van der Waals surface area (Å²) in [5, 5.41) is 0. The van der Waals surface area contributed by atoms with Gasteiger partial charge in [0.2, 0.25) is 0 Å². The van der Waals surface area contributed by atoms with Crippen molar-refractivity contribution in [3.8, 4) is 0 Å². The lowest BCUT2D eigenvalue weighted by molar-refractivity contribution is -0.137. The summed E-state index contributed by atoms with van der Waals surface area (Å²) in [7, 11) is -5.39. The molecule has 112 valence electrons. The summed E-state index contributed by atoms with van der Waals surface area (Å²) < 4.78 is 64.5. The molecule has 0 unspecified atom stereocenters. The second kappa shape index (κ2) is 6.38. The molecule has 0 saturated carbocycles. The maximum Gasteiger partial charge on any atom is 0.511 e. The van der Waals surface area contributed by atoms with E-state index in [9.17, 15) is 26.4 Å². The number of rotatable bonds is 7. The second-order valence-corrected chi connectivity index (χ2v) is 6.08. The first-order valence-corrected chi connectivity index (χ1v) is 6.79. The molecule has 0 aromatic heterocycles. The molecule has 5 nitrogen and oxygen atoms in total. The summed E-state index contributed by atoms with van der Waals surface area (Å²) in [5.74, 6) is -0.645. The third-order valence-corrected chi connectivity index (χ3v) is 3.50. The average molecular weight is 303 g/mol. The molecule has 0 amide bonds. The maximum absolute atomic E-state index is 12.2. The first-order chi connectivity index (χ1) is 8.41. The highest BCUT2D eigenvalue weighted by Gasteiger charge is 2.48. The van der Waals surface area contributed by atoms with E-state index in [-0.39, 0.29) is 19.4 Å². The monoisotopic (exact) mass is 303 g/mol. The number of carbonyl (C=O) groups is 1. The molecule has 0 aromatic rings. The number of hydrogen-bond acceptors (Lipinski definition) is 4. The number of halogens is 3. The molecule has 0 bridgehead atoms. The lowest BCUT2D eigenvalue weighted by Gasteiger charge is -2.26. The summed E-state index contributed by atoms with van der Waals surface area (Å²) in [4.78, 5) is 10.7. The summed E-state index contributed by atoms with van der Waals surface area (Å²) in [6, 6.07) is 0. The molecule has 0 radical (unpaired) electrons. The van der Waals surface area contributed by atoms with Crippen molar-refractivity contribution < 1.29 is 31.1 Å². The number of sulfonamides is 1. The molecule has 19 heavy (non-hydrogen) atoms. The number of alkyl halides is 3. The molecule has 0 atom stereocenters. The van der Waals surface area contributed by atoms with Gasteiger partial charge in [-0.25, -0.2) is 17.9 Å². The first kappa shape index (κ1) is 17.9. The van der Waals surface area contributed by atoms with Gasteiger partial charge in [0.05, 0.1) is 6.61 Å². The van der Waals surface area contributed by atoms with Gasteiger partial charge in [0.25, 0.3) is 0 Å². The Morgan fingerprint density at radius 3 is 2.32 bits per heavy atom. The Labute approximate surface area is 109 Å². The van der Waals surface area contributed by atoms with E-state index in [4.69, 9.17) is 0 Å². The van der Waals surface area contributed by atoms with E-state index in [0.29, 0.717) is 0 Å². The van der Waals surface area contributed by atoms with Crippen LogP contribution in [0.3, 0.4) is 0 Å². The van der Waals surface area contributed by atoms with Gasteiger partial charge in [-0.1, -0.05) is 6.58 Å². The molecular weight excluding hydrogens is 287 g/mol. The minimum absolute atomic E-state index is 0.0258. The topological polar surface area (TPSA) is 72.5 Å². The lowest BCUT2D eigenvalue weighted by atomic mass is 10.0. The van der Waals surface area contributed by atoms with Crippen molar-refractivity contribution in [1.82, 2.24) is 4.72 Å². The van der Waals surface area contributed by atoms with Gasteiger partial charge in [-0.2, -0.15) is 13.2 Å². The molecule has 0 heterocycles. The molecule has 9 heteroatoms. The Balaban J connectivity index is 4.34. The summed E-state index contributed by atoms with van der Waals surface area (Å²) in [6.45, 7) is 5.77. The van der Waals surface area contributed by atoms with Gasteiger partial charge in [0, 0.05) is 11.6 Å². The molecule has 0 fully saturated rings. The van der Waals surface area contributed by atoms with Crippen molar-refractivity contribution in [3.05, 3.63) is 12.7 Å². The quantitative estimate of drug-likeness (QED) is 0.441. The molecule has 0 saturated heterocycles. The zero-order valence-corrected chi connectivity index (χ0v) is 11.4. The normalized spacial score (nSPS) is 13.1. The fraction of sp³-hybridized carbons (Fsp3) is 0.700. The van der Waals surface area contributed by atoms with Gasteiger partial charge in [0.15, 0.2) is 0 Å². The van der Waals surface area contributed by atoms with E-state index in [1.54, 1.807) is 4.72 Å². The highest BCUT2D eigenvalue weighted by Crippen LogP contribution is 2.25.